The van der Waals surface area contributed by atoms with Crippen molar-refractivity contribution in [3.8, 4) is 0 Å². The molecule has 8 heteroatoms. The average molecular weight is 371 g/mol. The zero-order valence-corrected chi connectivity index (χ0v) is 14.5. The fourth-order valence-corrected chi connectivity index (χ4v) is 2.17. The van der Waals surface area contributed by atoms with Crippen LogP contribution in [0.4, 0.5) is 17.2 Å². The first-order valence-electron chi connectivity index (χ1n) is 7.22. The Balaban J connectivity index is 0.00000144. The third-order valence-corrected chi connectivity index (χ3v) is 3.30. The molecule has 0 bridgehead atoms. The van der Waals surface area contributed by atoms with Gasteiger partial charge in [0.1, 0.15) is 11.9 Å². The van der Waals surface area contributed by atoms with Crippen LogP contribution in [0.3, 0.4) is 0 Å². The molecule has 2 heterocycles. The van der Waals surface area contributed by atoms with E-state index in [9.17, 15) is 4.79 Å². The highest BCUT2D eigenvalue weighted by molar-refractivity contribution is 5.94. The summed E-state index contributed by atoms with van der Waals surface area (Å²) < 4.78 is 5.41. The smallest absolute Gasteiger partial charge is 0.254 e. The number of pyridine rings is 1. The van der Waals surface area contributed by atoms with Crippen LogP contribution >= 0.6 is 24.8 Å². The van der Waals surface area contributed by atoms with Crippen LogP contribution in [0.2, 0.25) is 0 Å². The molecular weight excluding hydrogens is 351 g/mol. The van der Waals surface area contributed by atoms with E-state index in [2.05, 4.69) is 20.9 Å². The van der Waals surface area contributed by atoms with Crippen LogP contribution < -0.4 is 16.0 Å². The Morgan fingerprint density at radius 2 is 1.92 bits per heavy atom. The van der Waals surface area contributed by atoms with Crippen molar-refractivity contribution < 1.29 is 9.53 Å². The molecule has 1 unspecified atom stereocenters. The Kier molecular flexibility index (Phi) is 8.49. The normalized spacial score (nSPS) is 16.2. The predicted octanol–water partition coefficient (Wildman–Crippen LogP) is 2.60. The van der Waals surface area contributed by atoms with Crippen LogP contribution in [0.1, 0.15) is 0 Å². The number of morpholine rings is 1. The zero-order valence-electron chi connectivity index (χ0n) is 12.9. The second-order valence-electron chi connectivity index (χ2n) is 4.98. The van der Waals surface area contributed by atoms with Crippen molar-refractivity contribution in [2.24, 2.45) is 0 Å². The van der Waals surface area contributed by atoms with Crippen molar-refractivity contribution in [2.45, 2.75) is 6.10 Å². The van der Waals surface area contributed by atoms with Crippen LogP contribution in [0, 0.1) is 0 Å². The van der Waals surface area contributed by atoms with E-state index >= 15 is 0 Å². The van der Waals surface area contributed by atoms with Gasteiger partial charge in [-0.05, 0) is 24.3 Å². The Morgan fingerprint density at radius 3 is 2.54 bits per heavy atom. The molecule has 1 aliphatic rings. The zero-order chi connectivity index (χ0) is 15.2. The van der Waals surface area contributed by atoms with E-state index in [-0.39, 0.29) is 30.7 Å². The SMILES string of the molecule is Cl.Cl.O=C(Nc1ccc(Nc2ccccc2)nc1)C1CNCCO1. The minimum atomic E-state index is -0.448. The molecule has 1 aromatic carbocycles. The van der Waals surface area contributed by atoms with Crippen LogP contribution in [0.5, 0.6) is 0 Å². The summed E-state index contributed by atoms with van der Waals surface area (Å²) in [5.74, 6) is 0.567. The summed E-state index contributed by atoms with van der Waals surface area (Å²) in [6, 6.07) is 13.4. The molecule has 3 N–H and O–H groups in total. The predicted molar refractivity (Wildman–Crippen MR) is 99.7 cm³/mol. The van der Waals surface area contributed by atoms with Crippen LogP contribution in [-0.4, -0.2) is 36.7 Å². The molecule has 24 heavy (non-hydrogen) atoms. The van der Waals surface area contributed by atoms with Crippen molar-refractivity contribution in [3.05, 3.63) is 48.7 Å². The Bertz CT molecular complexity index is 620. The first-order valence-corrected chi connectivity index (χ1v) is 7.22. The molecule has 1 amide bonds. The summed E-state index contributed by atoms with van der Waals surface area (Å²) in [6.45, 7) is 1.87. The van der Waals surface area contributed by atoms with E-state index in [1.54, 1.807) is 6.20 Å². The number of hydrogen-bond acceptors (Lipinski definition) is 5. The maximum atomic E-state index is 12.0. The lowest BCUT2D eigenvalue weighted by Crippen LogP contribution is -2.45. The summed E-state index contributed by atoms with van der Waals surface area (Å²) in [6.07, 6.45) is 1.18. The Hall–Kier alpha value is -1.86. The molecule has 1 aliphatic heterocycles. The van der Waals surface area contributed by atoms with Gasteiger partial charge in [0.05, 0.1) is 18.5 Å². The number of ether oxygens (including phenoxy) is 1. The summed E-state index contributed by atoms with van der Waals surface area (Å²) in [7, 11) is 0. The van der Waals surface area contributed by atoms with Gasteiger partial charge in [-0.3, -0.25) is 4.79 Å². The van der Waals surface area contributed by atoms with Crippen molar-refractivity contribution >= 4 is 47.9 Å². The molecule has 130 valence electrons. The first-order chi connectivity index (χ1) is 10.8. The lowest BCUT2D eigenvalue weighted by molar-refractivity contribution is -0.128. The topological polar surface area (TPSA) is 75.3 Å². The monoisotopic (exact) mass is 370 g/mol. The summed E-state index contributed by atoms with van der Waals surface area (Å²) in [5, 5.41) is 9.12. The van der Waals surface area contributed by atoms with Gasteiger partial charge in [0.25, 0.3) is 5.91 Å². The lowest BCUT2D eigenvalue weighted by Gasteiger charge is -2.22. The number of nitrogens with zero attached hydrogens (tertiary/aromatic N) is 1. The van der Waals surface area contributed by atoms with Gasteiger partial charge in [-0.1, -0.05) is 18.2 Å². The van der Waals surface area contributed by atoms with Crippen molar-refractivity contribution in [2.75, 3.05) is 30.3 Å². The highest BCUT2D eigenvalue weighted by atomic mass is 35.5. The van der Waals surface area contributed by atoms with Gasteiger partial charge in [-0.15, -0.1) is 24.8 Å². The number of para-hydroxylation sites is 1. The molecule has 1 atom stereocenters. The fourth-order valence-electron chi connectivity index (χ4n) is 2.17. The van der Waals surface area contributed by atoms with Gasteiger partial charge in [0, 0.05) is 18.8 Å². The third-order valence-electron chi connectivity index (χ3n) is 3.30. The van der Waals surface area contributed by atoms with Gasteiger partial charge in [0.15, 0.2) is 0 Å². The summed E-state index contributed by atoms with van der Waals surface area (Å²) in [5.41, 5.74) is 1.62. The van der Waals surface area contributed by atoms with E-state index in [0.717, 1.165) is 18.1 Å². The highest BCUT2D eigenvalue weighted by Gasteiger charge is 2.21. The third kappa shape index (κ3) is 5.65. The molecule has 1 saturated heterocycles. The summed E-state index contributed by atoms with van der Waals surface area (Å²) >= 11 is 0. The molecule has 1 fully saturated rings. The van der Waals surface area contributed by atoms with Gasteiger partial charge in [0.2, 0.25) is 0 Å². The molecule has 1 aromatic heterocycles. The molecule has 2 aromatic rings. The van der Waals surface area contributed by atoms with E-state index in [0.29, 0.717) is 18.8 Å². The Morgan fingerprint density at radius 1 is 1.12 bits per heavy atom. The Labute approximate surface area is 153 Å². The molecular formula is C16H20Cl2N4O2. The summed E-state index contributed by atoms with van der Waals surface area (Å²) in [4.78, 5) is 16.3. The van der Waals surface area contributed by atoms with Crippen LogP contribution in [0.25, 0.3) is 0 Å². The van der Waals surface area contributed by atoms with E-state index < -0.39 is 6.10 Å². The number of amides is 1. The number of halogens is 2. The molecule has 6 nitrogen and oxygen atoms in total. The van der Waals surface area contributed by atoms with Gasteiger partial charge < -0.3 is 20.7 Å². The number of aromatic nitrogens is 1. The maximum Gasteiger partial charge on any atom is 0.254 e. The van der Waals surface area contributed by atoms with Crippen molar-refractivity contribution in [3.63, 3.8) is 0 Å². The number of benzene rings is 1. The van der Waals surface area contributed by atoms with Crippen LogP contribution in [0.15, 0.2) is 48.7 Å². The standard InChI is InChI=1S/C16H18N4O2.2ClH/c21-16(14-11-17-8-9-22-14)20-13-6-7-15(18-10-13)19-12-4-2-1-3-5-12;;/h1-7,10,14,17H,8-9,11H2,(H,18,19)(H,20,21);2*1H. The number of carbonyl (C=O) groups excluding carboxylic acids is 1. The number of carbonyl (C=O) groups is 1. The van der Waals surface area contributed by atoms with Gasteiger partial charge in [-0.2, -0.15) is 0 Å². The molecule has 0 spiro atoms. The number of anilines is 3. The van der Waals surface area contributed by atoms with Gasteiger partial charge >= 0.3 is 0 Å². The van der Waals surface area contributed by atoms with Crippen LogP contribution in [-0.2, 0) is 9.53 Å². The van der Waals surface area contributed by atoms with Gasteiger partial charge in [-0.25, -0.2) is 4.98 Å². The highest BCUT2D eigenvalue weighted by Crippen LogP contribution is 2.16. The minimum Gasteiger partial charge on any atom is -0.366 e. The lowest BCUT2D eigenvalue weighted by atomic mass is 10.2. The first kappa shape index (κ1) is 20.2. The van der Waals surface area contributed by atoms with Crippen molar-refractivity contribution in [1.29, 1.82) is 0 Å². The average Bonchev–Trinajstić information content (AvgIpc) is 2.58. The second kappa shape index (κ2) is 10.1. The fraction of sp³-hybridized carbons (Fsp3) is 0.250. The molecule has 0 radical (unpaired) electrons. The maximum absolute atomic E-state index is 12.0. The largest absolute Gasteiger partial charge is 0.366 e. The molecule has 3 rings (SSSR count). The second-order valence-corrected chi connectivity index (χ2v) is 4.98. The number of hydrogen-bond donors (Lipinski definition) is 3. The number of nitrogens with one attached hydrogen (secondary N) is 3. The number of rotatable bonds is 4. The minimum absolute atomic E-state index is 0. The van der Waals surface area contributed by atoms with E-state index in [1.165, 1.54) is 0 Å². The van der Waals surface area contributed by atoms with E-state index in [4.69, 9.17) is 4.74 Å². The van der Waals surface area contributed by atoms with Crippen molar-refractivity contribution in [1.82, 2.24) is 10.3 Å². The quantitative estimate of drug-likeness (QED) is 0.771. The molecule has 0 saturated carbocycles. The van der Waals surface area contributed by atoms with E-state index in [1.807, 2.05) is 42.5 Å². The molecule has 0 aliphatic carbocycles.